The number of aromatic nitrogens is 1. The zero-order chi connectivity index (χ0) is 43.8. The third-order valence-corrected chi connectivity index (χ3v) is 13.3. The quantitative estimate of drug-likeness (QED) is 0.139. The molecular weight excluding hydrogens is 795 g/mol. The van der Waals surface area contributed by atoms with E-state index < -0.39 is 0 Å². The summed E-state index contributed by atoms with van der Waals surface area (Å²) in [7, 11) is 0. The molecule has 1 nitrogen and oxygen atoms in total. The number of rotatable bonds is 8. The Labute approximate surface area is 386 Å². The summed E-state index contributed by atoms with van der Waals surface area (Å²) in [4.78, 5) is 4.65. The zero-order valence-corrected chi connectivity index (χ0v) is 36.5. The van der Waals surface area contributed by atoms with E-state index in [0.29, 0.717) is 0 Å². The van der Waals surface area contributed by atoms with E-state index in [0.717, 1.165) is 29.4 Å². The Morgan fingerprint density at radius 2 is 0.742 bits per heavy atom. The Balaban J connectivity index is 1.12. The molecule has 1 heteroatoms. The van der Waals surface area contributed by atoms with E-state index in [1.54, 1.807) is 0 Å². The van der Waals surface area contributed by atoms with Gasteiger partial charge in [0.2, 0.25) is 0 Å². The van der Waals surface area contributed by atoms with Gasteiger partial charge in [0.25, 0.3) is 0 Å². The third kappa shape index (κ3) is 6.94. The molecule has 12 rings (SSSR count). The molecular formula is C65H45N. The second kappa shape index (κ2) is 17.0. The highest BCUT2D eigenvalue weighted by Gasteiger charge is 2.25. The fraction of sp³-hybridized carbons (Fsp3) is 0.0308. The van der Waals surface area contributed by atoms with Crippen molar-refractivity contribution in [2.24, 2.45) is 0 Å². The predicted molar refractivity (Wildman–Crippen MR) is 281 cm³/mol. The maximum Gasteiger partial charge on any atom is 0.0352 e. The Morgan fingerprint density at radius 1 is 0.288 bits per heavy atom. The molecule has 0 N–H and O–H groups in total. The van der Waals surface area contributed by atoms with Gasteiger partial charge in [-0.1, -0.05) is 218 Å². The molecule has 1 heterocycles. The van der Waals surface area contributed by atoms with Crippen LogP contribution in [0.2, 0.25) is 0 Å². The Morgan fingerprint density at radius 3 is 1.30 bits per heavy atom. The van der Waals surface area contributed by atoms with Crippen LogP contribution in [0.4, 0.5) is 0 Å². The van der Waals surface area contributed by atoms with E-state index in [2.05, 4.69) is 242 Å². The summed E-state index contributed by atoms with van der Waals surface area (Å²) in [5, 5.41) is 7.25. The number of benzene rings is 10. The molecule has 66 heavy (non-hydrogen) atoms. The van der Waals surface area contributed by atoms with Crippen molar-refractivity contribution < 1.29 is 0 Å². The minimum atomic E-state index is 1.02. The van der Waals surface area contributed by atoms with Gasteiger partial charge in [0.15, 0.2) is 0 Å². The molecule has 0 fully saturated rings. The first-order chi connectivity index (χ1) is 32.8. The number of allylic oxidation sites excluding steroid dienone is 4. The minimum absolute atomic E-state index is 1.02. The number of pyridine rings is 1. The molecule has 1 aliphatic carbocycles. The molecule has 1 aromatic heterocycles. The largest absolute Gasteiger partial charge is 0.263 e. The molecule has 0 unspecified atom stereocenters. The lowest BCUT2D eigenvalue weighted by Crippen LogP contribution is -2.01. The minimum Gasteiger partial charge on any atom is -0.263 e. The Hall–Kier alpha value is -8.39. The Bertz CT molecular complexity index is 3610. The van der Waals surface area contributed by atoms with Crippen LogP contribution in [0.3, 0.4) is 0 Å². The molecule has 10 aromatic carbocycles. The van der Waals surface area contributed by atoms with Crippen LogP contribution >= 0.6 is 0 Å². The van der Waals surface area contributed by atoms with Gasteiger partial charge in [0, 0.05) is 23.3 Å². The van der Waals surface area contributed by atoms with Crippen molar-refractivity contribution in [3.05, 3.63) is 255 Å². The van der Waals surface area contributed by atoms with Crippen LogP contribution in [0.25, 0.3) is 116 Å². The van der Waals surface area contributed by atoms with Crippen molar-refractivity contribution >= 4 is 37.9 Å². The van der Waals surface area contributed by atoms with E-state index in [1.807, 2.05) is 12.4 Å². The zero-order valence-electron chi connectivity index (χ0n) is 36.5. The molecule has 11 aromatic rings. The summed E-state index contributed by atoms with van der Waals surface area (Å²) < 4.78 is 0. The van der Waals surface area contributed by atoms with Crippen LogP contribution in [0.5, 0.6) is 0 Å². The number of fused-ring (bicyclic) bond motifs is 3. The maximum absolute atomic E-state index is 4.65. The van der Waals surface area contributed by atoms with Gasteiger partial charge in [-0.05, 0) is 141 Å². The molecule has 0 aliphatic heterocycles. The molecule has 0 saturated heterocycles. The van der Waals surface area contributed by atoms with Gasteiger partial charge >= 0.3 is 0 Å². The molecule has 0 amide bonds. The summed E-state index contributed by atoms with van der Waals surface area (Å²) in [6.07, 6.45) is 13.1. The second-order valence-electron chi connectivity index (χ2n) is 17.2. The van der Waals surface area contributed by atoms with E-state index in [4.69, 9.17) is 0 Å². The summed E-state index contributed by atoms with van der Waals surface area (Å²) in [5.74, 6) is 0. The second-order valence-corrected chi connectivity index (χ2v) is 17.2. The standard InChI is InChI=1S/C65H45N/c1-5-21-44(22-6-1)58-41-59(64(46-25-9-3-10-26-46)65(47-27-11-4-12-28-47)63(58)45-23-7-2-8-24-45)48-30-19-32-50(39-48)61-54-35-15-17-37-56(54)62(57-38-18-16-36-55(57)61)51-33-20-31-49(40-51)60-43-66-42-52-29-13-14-34-53(52)60/h1,3-7,9-43H,2,8H2. The van der Waals surface area contributed by atoms with Crippen LogP contribution < -0.4 is 0 Å². The van der Waals surface area contributed by atoms with E-state index in [-0.39, 0.29) is 0 Å². The highest BCUT2D eigenvalue weighted by atomic mass is 14.6. The van der Waals surface area contributed by atoms with E-state index >= 15 is 0 Å². The summed E-state index contributed by atoms with van der Waals surface area (Å²) in [6, 6.07) is 80.3. The van der Waals surface area contributed by atoms with Gasteiger partial charge in [0.05, 0.1) is 0 Å². The van der Waals surface area contributed by atoms with Crippen LogP contribution in [0, 0.1) is 0 Å². The van der Waals surface area contributed by atoms with Crippen LogP contribution in [-0.2, 0) is 0 Å². The number of hydrogen-bond donors (Lipinski definition) is 0. The highest BCUT2D eigenvalue weighted by molar-refractivity contribution is 6.22. The van der Waals surface area contributed by atoms with E-state index in [9.17, 15) is 0 Å². The highest BCUT2D eigenvalue weighted by Crippen LogP contribution is 2.51. The first-order valence-corrected chi connectivity index (χ1v) is 23.0. The first kappa shape index (κ1) is 39.2. The molecule has 1 aliphatic rings. The molecule has 310 valence electrons. The number of hydrogen-bond acceptors (Lipinski definition) is 1. The number of nitrogens with zero attached hydrogens (tertiary/aromatic N) is 1. The fourth-order valence-electron chi connectivity index (χ4n) is 10.4. The predicted octanol–water partition coefficient (Wildman–Crippen LogP) is 17.9. The van der Waals surface area contributed by atoms with Gasteiger partial charge in [-0.15, -0.1) is 0 Å². The van der Waals surface area contributed by atoms with Crippen molar-refractivity contribution in [3.8, 4) is 77.9 Å². The maximum atomic E-state index is 4.65. The monoisotopic (exact) mass is 839 g/mol. The summed E-state index contributed by atoms with van der Waals surface area (Å²) in [6.45, 7) is 0. The third-order valence-electron chi connectivity index (χ3n) is 13.3. The molecule has 0 bridgehead atoms. The summed E-state index contributed by atoms with van der Waals surface area (Å²) >= 11 is 0. The van der Waals surface area contributed by atoms with Gasteiger partial charge in [-0.2, -0.15) is 0 Å². The van der Waals surface area contributed by atoms with Crippen molar-refractivity contribution in [2.75, 3.05) is 0 Å². The molecule has 0 radical (unpaired) electrons. The topological polar surface area (TPSA) is 12.9 Å². The van der Waals surface area contributed by atoms with Gasteiger partial charge in [-0.25, -0.2) is 0 Å². The summed E-state index contributed by atoms with van der Waals surface area (Å²) in [5.41, 5.74) is 19.4. The van der Waals surface area contributed by atoms with Crippen molar-refractivity contribution in [2.45, 2.75) is 12.8 Å². The lowest BCUT2D eigenvalue weighted by molar-refractivity contribution is 1.04. The molecule has 0 atom stereocenters. The van der Waals surface area contributed by atoms with Gasteiger partial charge < -0.3 is 0 Å². The molecule has 0 spiro atoms. The van der Waals surface area contributed by atoms with Crippen molar-refractivity contribution in [1.82, 2.24) is 4.98 Å². The lowest BCUT2D eigenvalue weighted by Gasteiger charge is -2.26. The van der Waals surface area contributed by atoms with Gasteiger partial charge in [0.1, 0.15) is 0 Å². The van der Waals surface area contributed by atoms with Crippen LogP contribution in [-0.4, -0.2) is 4.98 Å². The Kier molecular flexibility index (Phi) is 10.1. The average molecular weight is 840 g/mol. The normalized spacial score (nSPS) is 12.5. The van der Waals surface area contributed by atoms with Crippen LogP contribution in [0.1, 0.15) is 18.4 Å². The van der Waals surface area contributed by atoms with Gasteiger partial charge in [-0.3, -0.25) is 4.98 Å². The smallest absolute Gasteiger partial charge is 0.0352 e. The average Bonchev–Trinajstić information content (AvgIpc) is 3.40. The van der Waals surface area contributed by atoms with E-state index in [1.165, 1.54) is 105 Å². The van der Waals surface area contributed by atoms with Crippen molar-refractivity contribution in [1.29, 1.82) is 0 Å². The fourth-order valence-corrected chi connectivity index (χ4v) is 10.4. The lowest BCUT2D eigenvalue weighted by atomic mass is 9.77. The molecule has 0 saturated carbocycles. The first-order valence-electron chi connectivity index (χ1n) is 23.0. The van der Waals surface area contributed by atoms with Crippen molar-refractivity contribution in [3.63, 3.8) is 0 Å². The SMILES string of the molecule is C1=CC(c2c(-c3ccccc3)cc(-c3cccc(-c4c5ccccc5c(-c5cccc(-c6cncc7ccccc67)c5)c5ccccc45)c3)c(-c3ccccc3)c2-c2ccccc2)=CCC1. The van der Waals surface area contributed by atoms with Crippen LogP contribution in [0.15, 0.2) is 249 Å².